The van der Waals surface area contributed by atoms with Crippen molar-refractivity contribution in [2.45, 2.75) is 77.5 Å². The van der Waals surface area contributed by atoms with Gasteiger partial charge in [0.1, 0.15) is 11.2 Å². The highest BCUT2D eigenvalue weighted by molar-refractivity contribution is 6.03. The summed E-state index contributed by atoms with van der Waals surface area (Å²) in [6.45, 7) is 10.5. The number of aliphatic carboxylic acids is 1. The molecule has 0 fully saturated rings. The molecule has 0 saturated heterocycles. The van der Waals surface area contributed by atoms with Gasteiger partial charge in [-0.15, -0.1) is 0 Å². The van der Waals surface area contributed by atoms with Gasteiger partial charge in [0.05, 0.1) is 0 Å². The number of hydrogen-bond acceptors (Lipinski definition) is 6. The first-order valence-corrected chi connectivity index (χ1v) is 7.90. The third-order valence-electron chi connectivity index (χ3n) is 2.81. The normalized spacial score (nSPS) is 14.5. The van der Waals surface area contributed by atoms with Crippen molar-refractivity contribution >= 4 is 18.0 Å². The highest BCUT2D eigenvalue weighted by atomic mass is 16.6. The molecule has 24 heavy (non-hydrogen) atoms. The number of nitrogens with two attached hydrogens (primary N) is 1. The molecule has 1 amide bonds. The molecule has 8 heteroatoms. The second-order valence-electron chi connectivity index (χ2n) is 7.66. The summed E-state index contributed by atoms with van der Waals surface area (Å²) in [5.74, 6) is -2.40. The van der Waals surface area contributed by atoms with Crippen LogP contribution in [-0.2, 0) is 19.1 Å². The Kier molecular flexibility index (Phi) is 7.69. The Morgan fingerprint density at radius 3 is 1.88 bits per heavy atom. The number of ether oxygens (including phenoxy) is 2. The summed E-state index contributed by atoms with van der Waals surface area (Å²) >= 11 is 0. The lowest BCUT2D eigenvalue weighted by atomic mass is 9.93. The van der Waals surface area contributed by atoms with Gasteiger partial charge in [-0.25, -0.2) is 14.4 Å². The maximum absolute atomic E-state index is 12.0. The monoisotopic (exact) mass is 346 g/mol. The van der Waals surface area contributed by atoms with Gasteiger partial charge >= 0.3 is 18.0 Å². The maximum Gasteiger partial charge on any atom is 0.407 e. The first-order valence-electron chi connectivity index (χ1n) is 7.90. The molecule has 0 saturated carbocycles. The van der Waals surface area contributed by atoms with Gasteiger partial charge in [-0.3, -0.25) is 0 Å². The van der Waals surface area contributed by atoms with Crippen molar-refractivity contribution in [2.75, 3.05) is 6.54 Å². The van der Waals surface area contributed by atoms with Crippen molar-refractivity contribution in [3.05, 3.63) is 0 Å². The van der Waals surface area contributed by atoms with Crippen molar-refractivity contribution < 1.29 is 29.0 Å². The van der Waals surface area contributed by atoms with Gasteiger partial charge in [-0.2, -0.15) is 0 Å². The lowest BCUT2D eigenvalue weighted by Crippen LogP contribution is -2.57. The van der Waals surface area contributed by atoms with Crippen LogP contribution in [-0.4, -0.2) is 46.4 Å². The average Bonchev–Trinajstić information content (AvgIpc) is 2.33. The van der Waals surface area contributed by atoms with E-state index in [-0.39, 0.29) is 6.42 Å². The smallest absolute Gasteiger partial charge is 0.407 e. The van der Waals surface area contributed by atoms with Crippen LogP contribution < -0.4 is 11.1 Å². The van der Waals surface area contributed by atoms with Crippen LogP contribution in [0.15, 0.2) is 0 Å². The van der Waals surface area contributed by atoms with Gasteiger partial charge in [-0.1, -0.05) is 0 Å². The van der Waals surface area contributed by atoms with Crippen LogP contribution in [0.2, 0.25) is 0 Å². The molecule has 0 aromatic carbocycles. The molecule has 0 aliphatic rings. The number of carbonyl (C=O) groups excluding carboxylic acids is 2. The van der Waals surface area contributed by atoms with Crippen LogP contribution >= 0.6 is 0 Å². The van der Waals surface area contributed by atoms with E-state index >= 15 is 0 Å². The number of carboxylic acid groups (broad SMARTS) is 1. The van der Waals surface area contributed by atoms with Crippen molar-refractivity contribution in [3.8, 4) is 0 Å². The number of rotatable bonds is 7. The third-order valence-corrected chi connectivity index (χ3v) is 2.81. The second kappa shape index (κ2) is 8.32. The second-order valence-corrected chi connectivity index (χ2v) is 7.66. The van der Waals surface area contributed by atoms with Crippen LogP contribution in [0.3, 0.4) is 0 Å². The molecule has 1 atom stereocenters. The molecular weight excluding hydrogens is 316 g/mol. The number of carbonyl (C=O) groups is 3. The molecule has 0 bridgehead atoms. The van der Waals surface area contributed by atoms with E-state index in [0.29, 0.717) is 19.4 Å². The Morgan fingerprint density at radius 2 is 1.46 bits per heavy atom. The van der Waals surface area contributed by atoms with Crippen LogP contribution in [0.1, 0.15) is 60.8 Å². The fourth-order valence-corrected chi connectivity index (χ4v) is 1.70. The van der Waals surface area contributed by atoms with Gasteiger partial charge in [0.15, 0.2) is 0 Å². The first kappa shape index (κ1) is 22.2. The molecular formula is C16H30N2O6. The van der Waals surface area contributed by atoms with E-state index in [4.69, 9.17) is 15.2 Å². The molecule has 4 N–H and O–H groups in total. The largest absolute Gasteiger partial charge is 0.479 e. The number of unbranched alkanes of at least 4 members (excludes halogenated alkanes) is 1. The van der Waals surface area contributed by atoms with Gasteiger partial charge in [0, 0.05) is 6.54 Å². The SMILES string of the molecule is CC(C)(C)OC(=O)NCCCC[C@](N)(C(=O)O)C(=O)OC(C)(C)C. The van der Waals surface area contributed by atoms with Gasteiger partial charge in [-0.05, 0) is 60.8 Å². The van der Waals surface area contributed by atoms with Crippen LogP contribution in [0.25, 0.3) is 0 Å². The zero-order chi connectivity index (χ0) is 19.2. The quantitative estimate of drug-likeness (QED) is 0.364. The Labute approximate surface area is 143 Å². The minimum absolute atomic E-state index is 0.0900. The fourth-order valence-electron chi connectivity index (χ4n) is 1.70. The fraction of sp³-hybridized carbons (Fsp3) is 0.812. The molecule has 140 valence electrons. The van der Waals surface area contributed by atoms with Crippen molar-refractivity contribution in [1.29, 1.82) is 0 Å². The van der Waals surface area contributed by atoms with Gasteiger partial charge in [0.2, 0.25) is 5.54 Å². The third kappa shape index (κ3) is 8.71. The van der Waals surface area contributed by atoms with E-state index in [1.165, 1.54) is 0 Å². The van der Waals surface area contributed by atoms with Crippen molar-refractivity contribution in [2.24, 2.45) is 5.73 Å². The van der Waals surface area contributed by atoms with Crippen LogP contribution in [0.4, 0.5) is 4.79 Å². The predicted molar refractivity (Wildman–Crippen MR) is 88.5 cm³/mol. The van der Waals surface area contributed by atoms with Crippen molar-refractivity contribution in [1.82, 2.24) is 5.32 Å². The number of nitrogens with one attached hydrogen (secondary N) is 1. The molecule has 0 unspecified atom stereocenters. The topological polar surface area (TPSA) is 128 Å². The highest BCUT2D eigenvalue weighted by Gasteiger charge is 2.44. The molecule has 0 heterocycles. The minimum atomic E-state index is -2.10. The van der Waals surface area contributed by atoms with Gasteiger partial charge in [0.25, 0.3) is 0 Å². The zero-order valence-corrected chi connectivity index (χ0v) is 15.4. The number of hydrogen-bond donors (Lipinski definition) is 3. The summed E-state index contributed by atoms with van der Waals surface area (Å²) in [5.41, 5.74) is 2.22. The molecule has 0 radical (unpaired) electrons. The first-order chi connectivity index (χ1) is 10.7. The molecule has 0 aliphatic heterocycles. The summed E-state index contributed by atoms with van der Waals surface area (Å²) in [4.78, 5) is 34.9. The minimum Gasteiger partial charge on any atom is -0.479 e. The highest BCUT2D eigenvalue weighted by Crippen LogP contribution is 2.18. The van der Waals surface area contributed by atoms with E-state index in [1.54, 1.807) is 41.5 Å². The number of carboxylic acids is 1. The summed E-state index contributed by atoms with van der Waals surface area (Å²) in [6.07, 6.45) is 0.145. The summed E-state index contributed by atoms with van der Waals surface area (Å²) in [6, 6.07) is 0. The van der Waals surface area contributed by atoms with E-state index < -0.39 is 34.8 Å². The summed E-state index contributed by atoms with van der Waals surface area (Å²) in [5, 5.41) is 11.8. The number of alkyl carbamates (subject to hydrolysis) is 1. The van der Waals surface area contributed by atoms with E-state index in [0.717, 1.165) is 0 Å². The molecule has 0 aromatic rings. The van der Waals surface area contributed by atoms with Crippen LogP contribution in [0.5, 0.6) is 0 Å². The summed E-state index contributed by atoms with van der Waals surface area (Å²) < 4.78 is 10.2. The number of esters is 1. The van der Waals surface area contributed by atoms with E-state index in [1.807, 2.05) is 0 Å². The van der Waals surface area contributed by atoms with Crippen LogP contribution in [0, 0.1) is 0 Å². The molecule has 0 aliphatic carbocycles. The van der Waals surface area contributed by atoms with Crippen molar-refractivity contribution in [3.63, 3.8) is 0 Å². The molecule has 0 spiro atoms. The standard InChI is InChI=1S/C16H30N2O6/c1-14(2,3)23-12(21)16(17,11(19)20)9-7-8-10-18-13(22)24-15(4,5)6/h7-10,17H2,1-6H3,(H,18,22)(H,19,20)/t16-/m0/s1. The Hall–Kier alpha value is -1.83. The lowest BCUT2D eigenvalue weighted by Gasteiger charge is -2.28. The zero-order valence-electron chi connectivity index (χ0n) is 15.4. The maximum atomic E-state index is 12.0. The average molecular weight is 346 g/mol. The van der Waals surface area contributed by atoms with E-state index in [2.05, 4.69) is 5.32 Å². The summed E-state index contributed by atoms with van der Waals surface area (Å²) in [7, 11) is 0. The lowest BCUT2D eigenvalue weighted by molar-refractivity contribution is -0.169. The molecule has 0 rings (SSSR count). The molecule has 0 aromatic heterocycles. The molecule has 8 nitrogen and oxygen atoms in total. The number of amides is 1. The Balaban J connectivity index is 4.40. The van der Waals surface area contributed by atoms with E-state index in [9.17, 15) is 19.5 Å². The van der Waals surface area contributed by atoms with Gasteiger partial charge < -0.3 is 25.6 Å². The Bertz CT molecular complexity index is 464. The Morgan fingerprint density at radius 1 is 0.958 bits per heavy atom. The predicted octanol–water partition coefficient (Wildman–Crippen LogP) is 1.81.